The largest absolute Gasteiger partial charge is 0.481 e. The Labute approximate surface area is 128 Å². The maximum absolute atomic E-state index is 11.5. The molecule has 1 atom stereocenters. The summed E-state index contributed by atoms with van der Waals surface area (Å²) in [6, 6.07) is 10.3. The highest BCUT2D eigenvalue weighted by molar-refractivity contribution is 5.84. The minimum atomic E-state index is -1.17. The second kappa shape index (κ2) is 6.47. The summed E-state index contributed by atoms with van der Waals surface area (Å²) in [5.74, 6) is -2.37. The topological polar surface area (TPSA) is 87.7 Å². The Morgan fingerprint density at radius 3 is 2.05 bits per heavy atom. The average molecular weight is 302 g/mol. The third-order valence-corrected chi connectivity index (χ3v) is 3.58. The van der Waals surface area contributed by atoms with Crippen molar-refractivity contribution in [2.45, 2.75) is 32.1 Å². The minimum absolute atomic E-state index is 0.115. The lowest BCUT2D eigenvalue weighted by atomic mass is 9.92. The predicted molar refractivity (Wildman–Crippen MR) is 80.3 cm³/mol. The van der Waals surface area contributed by atoms with Crippen molar-refractivity contribution in [2.75, 3.05) is 0 Å². The van der Waals surface area contributed by atoms with Crippen LogP contribution in [0.2, 0.25) is 0 Å². The normalized spacial score (nSPS) is 12.3. The van der Waals surface area contributed by atoms with E-state index in [1.54, 1.807) is 12.1 Å². The van der Waals surface area contributed by atoms with E-state index >= 15 is 0 Å². The fourth-order valence-corrected chi connectivity index (χ4v) is 2.26. The number of aliphatic carboxylic acids is 1. The highest BCUT2D eigenvalue weighted by atomic mass is 16.4. The van der Waals surface area contributed by atoms with Crippen LogP contribution in [0, 0.1) is 0 Å². The van der Waals surface area contributed by atoms with Gasteiger partial charge in [0.25, 0.3) is 0 Å². The van der Waals surface area contributed by atoms with Gasteiger partial charge in [0.15, 0.2) is 0 Å². The van der Waals surface area contributed by atoms with Gasteiger partial charge < -0.3 is 14.6 Å². The molecule has 2 rings (SSSR count). The van der Waals surface area contributed by atoms with Gasteiger partial charge in [-0.25, -0.2) is 4.79 Å². The van der Waals surface area contributed by atoms with Crippen LogP contribution in [0.25, 0.3) is 0 Å². The molecule has 1 unspecified atom stereocenters. The zero-order chi connectivity index (χ0) is 16.3. The highest BCUT2D eigenvalue weighted by Gasteiger charge is 2.22. The van der Waals surface area contributed by atoms with Gasteiger partial charge in [0.1, 0.15) is 5.76 Å². The first-order chi connectivity index (χ1) is 10.4. The average Bonchev–Trinajstić information content (AvgIpc) is 2.93. The number of hydrogen-bond donors (Lipinski definition) is 2. The number of carboxylic acids is 2. The molecule has 0 spiro atoms. The third kappa shape index (κ3) is 3.55. The molecular weight excluding hydrogens is 284 g/mol. The Morgan fingerprint density at radius 1 is 1.00 bits per heavy atom. The molecule has 1 aromatic carbocycles. The monoisotopic (exact) mass is 302 g/mol. The van der Waals surface area contributed by atoms with Gasteiger partial charge in [-0.1, -0.05) is 38.1 Å². The second-order valence-electron chi connectivity index (χ2n) is 5.49. The van der Waals surface area contributed by atoms with E-state index in [9.17, 15) is 14.7 Å². The first-order valence-corrected chi connectivity index (χ1v) is 7.03. The van der Waals surface area contributed by atoms with E-state index in [1.807, 2.05) is 12.1 Å². The summed E-state index contributed by atoms with van der Waals surface area (Å²) in [4.78, 5) is 22.3. The van der Waals surface area contributed by atoms with Crippen molar-refractivity contribution >= 4 is 11.9 Å². The fourth-order valence-electron chi connectivity index (χ4n) is 2.26. The molecule has 0 amide bonds. The number of rotatable bonds is 6. The zero-order valence-electron chi connectivity index (χ0n) is 12.4. The molecule has 0 bridgehead atoms. The molecular formula is C17H18O5. The van der Waals surface area contributed by atoms with Crippen LogP contribution < -0.4 is 0 Å². The van der Waals surface area contributed by atoms with Crippen LogP contribution in [0.15, 0.2) is 40.8 Å². The van der Waals surface area contributed by atoms with Gasteiger partial charge >= 0.3 is 11.9 Å². The van der Waals surface area contributed by atoms with Crippen molar-refractivity contribution in [2.24, 2.45) is 0 Å². The summed E-state index contributed by atoms with van der Waals surface area (Å²) in [6.45, 7) is 4.14. The smallest absolute Gasteiger partial charge is 0.371 e. The van der Waals surface area contributed by atoms with Gasteiger partial charge in [-0.05, 0) is 29.2 Å². The van der Waals surface area contributed by atoms with E-state index in [0.717, 1.165) is 5.56 Å². The van der Waals surface area contributed by atoms with Crippen LogP contribution in [0.5, 0.6) is 0 Å². The molecule has 116 valence electrons. The van der Waals surface area contributed by atoms with Crippen molar-refractivity contribution in [3.63, 3.8) is 0 Å². The minimum Gasteiger partial charge on any atom is -0.481 e. The van der Waals surface area contributed by atoms with Crippen molar-refractivity contribution in [1.29, 1.82) is 0 Å². The van der Waals surface area contributed by atoms with Crippen molar-refractivity contribution in [3.05, 3.63) is 59.0 Å². The van der Waals surface area contributed by atoms with Gasteiger partial charge in [0.05, 0.1) is 5.92 Å². The number of benzene rings is 1. The van der Waals surface area contributed by atoms with Crippen LogP contribution in [-0.4, -0.2) is 22.2 Å². The van der Waals surface area contributed by atoms with Crippen LogP contribution in [0.3, 0.4) is 0 Å². The van der Waals surface area contributed by atoms with Crippen molar-refractivity contribution in [1.82, 2.24) is 0 Å². The third-order valence-electron chi connectivity index (χ3n) is 3.58. The summed E-state index contributed by atoms with van der Waals surface area (Å²) in [6.07, 6.45) is 0.115. The molecule has 2 N–H and O–H groups in total. The Morgan fingerprint density at radius 2 is 1.59 bits per heavy atom. The molecule has 0 aliphatic heterocycles. The van der Waals surface area contributed by atoms with Crippen LogP contribution >= 0.6 is 0 Å². The Kier molecular flexibility index (Phi) is 4.65. The number of furan rings is 1. The molecule has 5 heteroatoms. The van der Waals surface area contributed by atoms with Gasteiger partial charge in [-0.15, -0.1) is 0 Å². The van der Waals surface area contributed by atoms with E-state index < -0.39 is 17.9 Å². The quantitative estimate of drug-likeness (QED) is 0.852. The van der Waals surface area contributed by atoms with Gasteiger partial charge in [-0.2, -0.15) is 0 Å². The fraction of sp³-hybridized carbons (Fsp3) is 0.294. The summed E-state index contributed by atoms with van der Waals surface area (Å²) >= 11 is 0. The standard InChI is InChI=1S/C17H18O5/c1-10(2)11-3-5-12(6-4-11)14(16(18)19)9-13-7-8-15(22-13)17(20)21/h3-8,10,14H,9H2,1-2H3,(H,18,19)(H,20,21). The summed E-state index contributed by atoms with van der Waals surface area (Å²) in [5, 5.41) is 18.3. The number of hydrogen-bond acceptors (Lipinski definition) is 3. The number of aromatic carboxylic acids is 1. The Bertz CT molecular complexity index is 667. The SMILES string of the molecule is CC(C)c1ccc(C(Cc2ccc(C(=O)O)o2)C(=O)O)cc1. The molecule has 2 aromatic rings. The van der Waals surface area contributed by atoms with Gasteiger partial charge in [0, 0.05) is 6.42 Å². The van der Waals surface area contributed by atoms with Crippen molar-refractivity contribution < 1.29 is 24.2 Å². The highest BCUT2D eigenvalue weighted by Crippen LogP contribution is 2.25. The Balaban J connectivity index is 2.22. The van der Waals surface area contributed by atoms with Crippen LogP contribution in [0.1, 0.15) is 53.1 Å². The lowest BCUT2D eigenvalue weighted by molar-refractivity contribution is -0.138. The molecule has 0 fully saturated rings. The predicted octanol–water partition coefficient (Wildman–Crippen LogP) is 3.51. The summed E-state index contributed by atoms with van der Waals surface area (Å²) < 4.78 is 5.15. The van der Waals surface area contributed by atoms with Crippen LogP contribution in [0.4, 0.5) is 0 Å². The maximum Gasteiger partial charge on any atom is 0.371 e. The van der Waals surface area contributed by atoms with E-state index in [-0.39, 0.29) is 12.2 Å². The summed E-state index contributed by atoms with van der Waals surface area (Å²) in [7, 11) is 0. The molecule has 0 saturated carbocycles. The molecule has 1 heterocycles. The van der Waals surface area contributed by atoms with E-state index in [0.29, 0.717) is 17.2 Å². The van der Waals surface area contributed by atoms with Crippen molar-refractivity contribution in [3.8, 4) is 0 Å². The lowest BCUT2D eigenvalue weighted by Crippen LogP contribution is -2.14. The van der Waals surface area contributed by atoms with E-state index in [2.05, 4.69) is 13.8 Å². The molecule has 0 saturated heterocycles. The zero-order valence-corrected chi connectivity index (χ0v) is 12.4. The summed E-state index contributed by atoms with van der Waals surface area (Å²) in [5.41, 5.74) is 1.81. The van der Waals surface area contributed by atoms with Crippen LogP contribution in [-0.2, 0) is 11.2 Å². The molecule has 1 aromatic heterocycles. The molecule has 5 nitrogen and oxygen atoms in total. The molecule has 22 heavy (non-hydrogen) atoms. The van der Waals surface area contributed by atoms with Gasteiger partial charge in [-0.3, -0.25) is 4.79 Å². The first kappa shape index (κ1) is 15.8. The Hall–Kier alpha value is -2.56. The second-order valence-corrected chi connectivity index (χ2v) is 5.49. The molecule has 0 aliphatic rings. The van der Waals surface area contributed by atoms with Gasteiger partial charge in [0.2, 0.25) is 5.76 Å². The number of carbonyl (C=O) groups is 2. The number of carboxylic acid groups (broad SMARTS) is 2. The van der Waals surface area contributed by atoms with E-state index in [4.69, 9.17) is 9.52 Å². The molecule has 0 aliphatic carbocycles. The van der Waals surface area contributed by atoms with E-state index in [1.165, 1.54) is 12.1 Å². The maximum atomic E-state index is 11.5. The molecule has 0 radical (unpaired) electrons. The first-order valence-electron chi connectivity index (χ1n) is 7.03. The lowest BCUT2D eigenvalue weighted by Gasteiger charge is -2.13.